The van der Waals surface area contributed by atoms with Gasteiger partial charge in [0.05, 0.1) is 16.3 Å². The van der Waals surface area contributed by atoms with E-state index in [1.165, 1.54) is 6.42 Å². The number of likely N-dealkylation sites (N-methyl/N-ethyl adjacent to an activating group) is 1. The predicted octanol–water partition coefficient (Wildman–Crippen LogP) is 5.25. The maximum absolute atomic E-state index is 12.5. The predicted molar refractivity (Wildman–Crippen MR) is 105 cm³/mol. The summed E-state index contributed by atoms with van der Waals surface area (Å²) in [6.07, 6.45) is 4.52. The van der Waals surface area contributed by atoms with E-state index in [4.69, 9.17) is 4.42 Å². The highest BCUT2D eigenvalue weighted by Gasteiger charge is 2.36. The Labute approximate surface area is 157 Å². The molecule has 1 saturated carbocycles. The van der Waals surface area contributed by atoms with Crippen LogP contribution in [-0.2, 0) is 4.79 Å². The molecule has 2 heterocycles. The Morgan fingerprint density at radius 2 is 2.12 bits per heavy atom. The summed E-state index contributed by atoms with van der Waals surface area (Å²) in [5, 5.41) is 0.943. The number of para-hydroxylation sites is 1. The van der Waals surface area contributed by atoms with Crippen molar-refractivity contribution in [1.29, 1.82) is 0 Å². The zero-order chi connectivity index (χ0) is 18.3. The molecule has 0 aliphatic heterocycles. The molecule has 134 valence electrons. The summed E-state index contributed by atoms with van der Waals surface area (Å²) < 4.78 is 6.97. The van der Waals surface area contributed by atoms with Crippen LogP contribution in [0.1, 0.15) is 48.8 Å². The highest BCUT2D eigenvalue weighted by atomic mass is 32.1. The highest BCUT2D eigenvalue weighted by molar-refractivity contribution is 7.18. The molecule has 1 amide bonds. The summed E-state index contributed by atoms with van der Waals surface area (Å²) in [4.78, 5) is 18.9. The largest absolute Gasteiger partial charge is 0.461 e. The lowest BCUT2D eigenvalue weighted by atomic mass is 10.2. The summed E-state index contributed by atoms with van der Waals surface area (Å²) in [6.45, 7) is 4.23. The van der Waals surface area contributed by atoms with Gasteiger partial charge < -0.3 is 9.32 Å². The molecule has 1 fully saturated rings. The number of amides is 1. The third kappa shape index (κ3) is 3.31. The van der Waals surface area contributed by atoms with Crippen LogP contribution in [0.2, 0.25) is 0 Å². The van der Waals surface area contributed by atoms with Crippen LogP contribution < -0.4 is 0 Å². The number of rotatable bonds is 5. The Morgan fingerprint density at radius 3 is 2.85 bits per heavy atom. The fourth-order valence-corrected chi connectivity index (χ4v) is 4.13. The summed E-state index contributed by atoms with van der Waals surface area (Å²) in [5.41, 5.74) is 0.980. The normalized spacial score (nSPS) is 20.6. The van der Waals surface area contributed by atoms with E-state index in [-0.39, 0.29) is 11.9 Å². The van der Waals surface area contributed by atoms with Crippen LogP contribution in [0, 0.1) is 5.92 Å². The van der Waals surface area contributed by atoms with E-state index >= 15 is 0 Å². The molecule has 2 aromatic heterocycles. The summed E-state index contributed by atoms with van der Waals surface area (Å²) in [5.74, 6) is 2.96. The molecule has 3 aromatic rings. The van der Waals surface area contributed by atoms with Crippen molar-refractivity contribution >= 4 is 33.5 Å². The standard InChI is InChI=1S/C21H22N2O2S/c1-13-12-16(13)18-10-8-15(25-18)9-11-20(24)23(3)14(2)21-22-17-6-4-5-7-19(17)26-21/h4-11,13-14,16H,12H2,1-3H3/b11-9+. The number of fused-ring (bicyclic) bond motifs is 1. The van der Waals surface area contributed by atoms with Crippen molar-refractivity contribution in [3.63, 3.8) is 0 Å². The smallest absolute Gasteiger partial charge is 0.247 e. The number of thiazole rings is 1. The van der Waals surface area contributed by atoms with Gasteiger partial charge >= 0.3 is 0 Å². The summed E-state index contributed by atoms with van der Waals surface area (Å²) in [7, 11) is 1.81. The third-order valence-corrected chi connectivity index (χ3v) is 6.32. The van der Waals surface area contributed by atoms with Crippen LogP contribution in [0.25, 0.3) is 16.3 Å². The average molecular weight is 366 g/mol. The number of benzene rings is 1. The Balaban J connectivity index is 1.44. The molecule has 4 rings (SSSR count). The Kier molecular flexibility index (Phi) is 4.41. The van der Waals surface area contributed by atoms with Gasteiger partial charge in [-0.1, -0.05) is 19.1 Å². The quantitative estimate of drug-likeness (QED) is 0.580. The molecular weight excluding hydrogens is 344 g/mol. The molecule has 0 radical (unpaired) electrons. The lowest BCUT2D eigenvalue weighted by molar-refractivity contribution is -0.126. The van der Waals surface area contributed by atoms with Crippen LogP contribution in [0.5, 0.6) is 0 Å². The highest BCUT2D eigenvalue weighted by Crippen LogP contribution is 2.47. The van der Waals surface area contributed by atoms with Crippen molar-refractivity contribution in [3.05, 3.63) is 59.0 Å². The van der Waals surface area contributed by atoms with Crippen molar-refractivity contribution in [3.8, 4) is 0 Å². The van der Waals surface area contributed by atoms with Gasteiger partial charge in [-0.15, -0.1) is 11.3 Å². The van der Waals surface area contributed by atoms with Crippen molar-refractivity contribution < 1.29 is 9.21 Å². The molecule has 0 saturated heterocycles. The van der Waals surface area contributed by atoms with Crippen LogP contribution in [0.4, 0.5) is 0 Å². The minimum Gasteiger partial charge on any atom is -0.461 e. The van der Waals surface area contributed by atoms with Gasteiger partial charge in [0, 0.05) is 19.0 Å². The van der Waals surface area contributed by atoms with E-state index in [2.05, 4.69) is 18.0 Å². The van der Waals surface area contributed by atoms with Gasteiger partial charge in [0.25, 0.3) is 0 Å². The fourth-order valence-electron chi connectivity index (χ4n) is 3.07. The van der Waals surface area contributed by atoms with Crippen molar-refractivity contribution in [2.24, 2.45) is 5.92 Å². The van der Waals surface area contributed by atoms with Crippen LogP contribution in [-0.4, -0.2) is 22.8 Å². The molecule has 5 heteroatoms. The van der Waals surface area contributed by atoms with Gasteiger partial charge in [-0.25, -0.2) is 4.98 Å². The number of carbonyl (C=O) groups excluding carboxylic acids is 1. The second kappa shape index (κ2) is 6.72. The Morgan fingerprint density at radius 1 is 1.35 bits per heavy atom. The molecule has 26 heavy (non-hydrogen) atoms. The van der Waals surface area contributed by atoms with E-state index in [1.807, 2.05) is 44.3 Å². The first kappa shape index (κ1) is 17.0. The molecular formula is C21H22N2O2S. The Hall–Kier alpha value is -2.40. The number of aromatic nitrogens is 1. The molecule has 0 spiro atoms. The molecule has 1 aromatic carbocycles. The maximum atomic E-state index is 12.5. The second-order valence-electron chi connectivity index (χ2n) is 7.04. The molecule has 1 aliphatic carbocycles. The van der Waals surface area contributed by atoms with Crippen LogP contribution in [0.15, 0.2) is 46.9 Å². The third-order valence-electron chi connectivity index (χ3n) is 5.11. The molecule has 4 nitrogen and oxygen atoms in total. The van der Waals surface area contributed by atoms with Gasteiger partial charge in [-0.2, -0.15) is 0 Å². The van der Waals surface area contributed by atoms with Crippen molar-refractivity contribution in [1.82, 2.24) is 9.88 Å². The lowest BCUT2D eigenvalue weighted by Crippen LogP contribution is -2.27. The molecule has 3 atom stereocenters. The number of hydrogen-bond donors (Lipinski definition) is 0. The minimum atomic E-state index is -0.0796. The zero-order valence-corrected chi connectivity index (χ0v) is 16.0. The lowest BCUT2D eigenvalue weighted by Gasteiger charge is -2.21. The van der Waals surface area contributed by atoms with E-state index in [0.29, 0.717) is 11.8 Å². The molecule has 0 N–H and O–H groups in total. The maximum Gasteiger partial charge on any atom is 0.247 e. The number of hydrogen-bond acceptors (Lipinski definition) is 4. The molecule has 1 aliphatic rings. The van der Waals surface area contributed by atoms with Gasteiger partial charge in [-0.05, 0) is 49.6 Å². The monoisotopic (exact) mass is 366 g/mol. The first-order valence-corrected chi connectivity index (χ1v) is 9.74. The average Bonchev–Trinajstić information content (AvgIpc) is 3.05. The first-order valence-electron chi connectivity index (χ1n) is 8.93. The topological polar surface area (TPSA) is 46.3 Å². The van der Waals surface area contributed by atoms with Crippen LogP contribution in [0.3, 0.4) is 0 Å². The number of nitrogens with zero attached hydrogens (tertiary/aromatic N) is 2. The summed E-state index contributed by atoms with van der Waals surface area (Å²) >= 11 is 1.63. The van der Waals surface area contributed by atoms with E-state index in [0.717, 1.165) is 26.7 Å². The number of carbonyl (C=O) groups is 1. The minimum absolute atomic E-state index is 0.0607. The zero-order valence-electron chi connectivity index (χ0n) is 15.2. The van der Waals surface area contributed by atoms with E-state index in [9.17, 15) is 4.79 Å². The first-order chi connectivity index (χ1) is 12.5. The van der Waals surface area contributed by atoms with E-state index in [1.54, 1.807) is 28.4 Å². The van der Waals surface area contributed by atoms with Crippen molar-refractivity contribution in [2.75, 3.05) is 7.05 Å². The van der Waals surface area contributed by atoms with Gasteiger partial charge in [0.1, 0.15) is 16.5 Å². The SMILES string of the molecule is CC1CC1c1ccc(/C=C/C(=O)N(C)C(C)c2nc3ccccc3s2)o1. The van der Waals surface area contributed by atoms with E-state index < -0.39 is 0 Å². The second-order valence-corrected chi connectivity index (χ2v) is 8.10. The number of furan rings is 1. The van der Waals surface area contributed by atoms with Gasteiger partial charge in [0.15, 0.2) is 0 Å². The molecule has 3 unspecified atom stereocenters. The Bertz CT molecular complexity index is 938. The molecule has 0 bridgehead atoms. The fraction of sp³-hybridized carbons (Fsp3) is 0.333. The van der Waals surface area contributed by atoms with Crippen molar-refractivity contribution in [2.45, 2.75) is 32.2 Å². The van der Waals surface area contributed by atoms with Crippen LogP contribution >= 0.6 is 11.3 Å². The van der Waals surface area contributed by atoms with Gasteiger partial charge in [0.2, 0.25) is 5.91 Å². The summed E-state index contributed by atoms with van der Waals surface area (Å²) in [6, 6.07) is 11.9. The van der Waals surface area contributed by atoms with Gasteiger partial charge in [-0.3, -0.25) is 4.79 Å².